The Hall–Kier alpha value is -0.870. The van der Waals surface area contributed by atoms with Gasteiger partial charge in [0.25, 0.3) is 0 Å². The molecular weight excluding hydrogens is 224 g/mol. The van der Waals surface area contributed by atoms with E-state index in [1.165, 1.54) is 12.8 Å². The van der Waals surface area contributed by atoms with Gasteiger partial charge in [0.15, 0.2) is 0 Å². The number of nitrogens with two attached hydrogens (primary N) is 1. The van der Waals surface area contributed by atoms with Crippen molar-refractivity contribution in [3.8, 4) is 0 Å². The predicted molar refractivity (Wildman–Crippen MR) is 65.6 cm³/mol. The quantitative estimate of drug-likeness (QED) is 0.778. The summed E-state index contributed by atoms with van der Waals surface area (Å²) in [7, 11) is 0. The molecule has 2 atom stereocenters. The number of hydrogen-bond donors (Lipinski definition) is 2. The third-order valence-corrected chi connectivity index (χ3v) is 3.43. The molecule has 1 aliphatic rings. The Morgan fingerprint density at radius 3 is 2.88 bits per heavy atom. The lowest BCUT2D eigenvalue weighted by Crippen LogP contribution is -2.42. The molecule has 1 heterocycles. The monoisotopic (exact) mass is 240 g/mol. The van der Waals surface area contributed by atoms with Gasteiger partial charge in [-0.1, -0.05) is 24.4 Å². The molecule has 1 aromatic rings. The molecule has 2 rings (SSSR count). The third-order valence-electron chi connectivity index (χ3n) is 3.04. The molecule has 0 spiro atoms. The van der Waals surface area contributed by atoms with Crippen LogP contribution in [-0.2, 0) is 0 Å². The summed E-state index contributed by atoms with van der Waals surface area (Å²) in [4.78, 5) is 8.39. The number of aromatic nitrogens is 2. The summed E-state index contributed by atoms with van der Waals surface area (Å²) in [5, 5.41) is 3.77. The summed E-state index contributed by atoms with van der Waals surface area (Å²) < 4.78 is 0. The van der Waals surface area contributed by atoms with Crippen molar-refractivity contribution in [1.82, 2.24) is 9.97 Å². The van der Waals surface area contributed by atoms with E-state index in [4.69, 9.17) is 17.3 Å². The maximum atomic E-state index is 6.04. The number of nitrogens with one attached hydrogen (secondary N) is 1. The second-order valence-electron chi connectivity index (χ2n) is 4.37. The highest BCUT2D eigenvalue weighted by Crippen LogP contribution is 2.20. The van der Waals surface area contributed by atoms with Crippen LogP contribution in [0.2, 0.25) is 5.15 Å². The van der Waals surface area contributed by atoms with E-state index in [0.29, 0.717) is 11.1 Å². The van der Waals surface area contributed by atoms with E-state index in [1.54, 1.807) is 6.20 Å². The molecule has 0 aromatic carbocycles. The molecule has 0 amide bonds. The van der Waals surface area contributed by atoms with Gasteiger partial charge in [-0.3, -0.25) is 0 Å². The first-order valence-corrected chi connectivity index (χ1v) is 6.06. The normalized spacial score (nSPS) is 25.4. The molecule has 1 aliphatic carbocycles. The molecular formula is C11H17ClN4. The molecule has 1 aromatic heterocycles. The fourth-order valence-corrected chi connectivity index (χ4v) is 2.12. The molecule has 3 N–H and O–H groups in total. The van der Waals surface area contributed by atoms with Crippen molar-refractivity contribution < 1.29 is 0 Å². The van der Waals surface area contributed by atoms with E-state index in [-0.39, 0.29) is 12.1 Å². The number of halogens is 1. The standard InChI is InChI=1S/C11H17ClN4/c1-7-6-14-11(16-10(7)12)15-9-5-3-2-4-8(9)13/h6,8-9H,2-5,13H2,1H3,(H,14,15,16)/t8-,9+/m1/s1. The molecule has 0 aliphatic heterocycles. The zero-order chi connectivity index (χ0) is 11.5. The average molecular weight is 241 g/mol. The number of aryl methyl sites for hydroxylation is 1. The van der Waals surface area contributed by atoms with Crippen molar-refractivity contribution in [3.05, 3.63) is 16.9 Å². The van der Waals surface area contributed by atoms with Crippen LogP contribution in [-0.4, -0.2) is 22.1 Å². The number of rotatable bonds is 2. The first-order valence-electron chi connectivity index (χ1n) is 5.68. The lowest BCUT2D eigenvalue weighted by Gasteiger charge is -2.29. The predicted octanol–water partition coefficient (Wildman–Crippen LogP) is 2.12. The minimum atomic E-state index is 0.192. The van der Waals surface area contributed by atoms with Gasteiger partial charge in [-0.25, -0.2) is 9.97 Å². The molecule has 0 radical (unpaired) electrons. The van der Waals surface area contributed by atoms with Crippen molar-refractivity contribution in [1.29, 1.82) is 0 Å². The molecule has 5 heteroatoms. The molecule has 0 unspecified atom stereocenters. The summed E-state index contributed by atoms with van der Waals surface area (Å²) in [5.41, 5.74) is 6.93. The van der Waals surface area contributed by atoms with Crippen molar-refractivity contribution in [3.63, 3.8) is 0 Å². The Kier molecular flexibility index (Phi) is 3.61. The van der Waals surface area contributed by atoms with E-state index in [0.717, 1.165) is 18.4 Å². The van der Waals surface area contributed by atoms with Gasteiger partial charge in [0, 0.05) is 23.8 Å². The van der Waals surface area contributed by atoms with E-state index in [1.807, 2.05) is 6.92 Å². The highest BCUT2D eigenvalue weighted by atomic mass is 35.5. The van der Waals surface area contributed by atoms with Crippen LogP contribution in [0.25, 0.3) is 0 Å². The van der Waals surface area contributed by atoms with Crippen LogP contribution in [0.1, 0.15) is 31.2 Å². The lowest BCUT2D eigenvalue weighted by molar-refractivity contribution is 0.402. The van der Waals surface area contributed by atoms with Gasteiger partial charge in [-0.2, -0.15) is 0 Å². The summed E-state index contributed by atoms with van der Waals surface area (Å²) in [6, 6.07) is 0.463. The molecule has 0 saturated heterocycles. The zero-order valence-electron chi connectivity index (χ0n) is 9.41. The van der Waals surface area contributed by atoms with Crippen LogP contribution < -0.4 is 11.1 Å². The maximum absolute atomic E-state index is 6.04. The average Bonchev–Trinajstić information content (AvgIpc) is 2.27. The maximum Gasteiger partial charge on any atom is 0.224 e. The van der Waals surface area contributed by atoms with Crippen molar-refractivity contribution in [2.75, 3.05) is 5.32 Å². The van der Waals surface area contributed by atoms with Crippen LogP contribution in [0.4, 0.5) is 5.95 Å². The van der Waals surface area contributed by atoms with Crippen LogP contribution in [0.5, 0.6) is 0 Å². The number of nitrogens with zero attached hydrogens (tertiary/aromatic N) is 2. The SMILES string of the molecule is Cc1cnc(N[C@H]2CCCC[C@H]2N)nc1Cl. The fourth-order valence-electron chi connectivity index (χ4n) is 2.00. The van der Waals surface area contributed by atoms with E-state index >= 15 is 0 Å². The number of anilines is 1. The van der Waals surface area contributed by atoms with Crippen LogP contribution >= 0.6 is 11.6 Å². The molecule has 4 nitrogen and oxygen atoms in total. The topological polar surface area (TPSA) is 63.8 Å². The van der Waals surface area contributed by atoms with Crippen molar-refractivity contribution in [2.24, 2.45) is 5.73 Å². The van der Waals surface area contributed by atoms with Gasteiger partial charge in [-0.05, 0) is 19.8 Å². The summed E-state index contributed by atoms with van der Waals surface area (Å²) >= 11 is 5.95. The highest BCUT2D eigenvalue weighted by Gasteiger charge is 2.22. The summed E-state index contributed by atoms with van der Waals surface area (Å²) in [6.07, 6.45) is 6.30. The van der Waals surface area contributed by atoms with E-state index < -0.39 is 0 Å². The van der Waals surface area contributed by atoms with E-state index in [9.17, 15) is 0 Å². The van der Waals surface area contributed by atoms with Crippen molar-refractivity contribution in [2.45, 2.75) is 44.7 Å². The largest absolute Gasteiger partial charge is 0.350 e. The van der Waals surface area contributed by atoms with Gasteiger partial charge in [0.2, 0.25) is 5.95 Å². The first-order chi connectivity index (χ1) is 7.66. The van der Waals surface area contributed by atoms with Gasteiger partial charge < -0.3 is 11.1 Å². The van der Waals surface area contributed by atoms with E-state index in [2.05, 4.69) is 15.3 Å². The minimum absolute atomic E-state index is 0.192. The van der Waals surface area contributed by atoms with Gasteiger partial charge >= 0.3 is 0 Å². The Bertz CT molecular complexity index is 369. The smallest absolute Gasteiger partial charge is 0.224 e. The van der Waals surface area contributed by atoms with Crippen LogP contribution in [0.15, 0.2) is 6.20 Å². The van der Waals surface area contributed by atoms with Crippen LogP contribution in [0.3, 0.4) is 0 Å². The summed E-state index contributed by atoms with van der Waals surface area (Å²) in [5.74, 6) is 0.581. The molecule has 16 heavy (non-hydrogen) atoms. The molecule has 1 fully saturated rings. The van der Waals surface area contributed by atoms with Gasteiger partial charge in [0.05, 0.1) is 0 Å². The highest BCUT2D eigenvalue weighted by molar-refractivity contribution is 6.30. The first kappa shape index (κ1) is 11.6. The Labute approximate surface area is 101 Å². The fraction of sp³-hybridized carbons (Fsp3) is 0.636. The lowest BCUT2D eigenvalue weighted by atomic mass is 9.91. The zero-order valence-corrected chi connectivity index (χ0v) is 10.2. The third kappa shape index (κ3) is 2.62. The molecule has 0 bridgehead atoms. The number of hydrogen-bond acceptors (Lipinski definition) is 4. The molecule has 88 valence electrons. The van der Waals surface area contributed by atoms with Crippen molar-refractivity contribution >= 4 is 17.5 Å². The van der Waals surface area contributed by atoms with Gasteiger partial charge in [0.1, 0.15) is 5.15 Å². The van der Waals surface area contributed by atoms with Crippen LogP contribution in [0, 0.1) is 6.92 Å². The minimum Gasteiger partial charge on any atom is -0.350 e. The Balaban J connectivity index is 2.05. The Morgan fingerprint density at radius 1 is 1.44 bits per heavy atom. The Morgan fingerprint density at radius 2 is 2.19 bits per heavy atom. The second-order valence-corrected chi connectivity index (χ2v) is 4.72. The van der Waals surface area contributed by atoms with Gasteiger partial charge in [-0.15, -0.1) is 0 Å². The summed E-state index contributed by atoms with van der Waals surface area (Å²) in [6.45, 7) is 1.89. The second kappa shape index (κ2) is 4.97. The molecule has 1 saturated carbocycles.